The molecule has 0 radical (unpaired) electrons. The van der Waals surface area contributed by atoms with Crippen LogP contribution in [0.1, 0.15) is 20.3 Å². The molecule has 1 aliphatic rings. The molecule has 0 saturated carbocycles. The van der Waals surface area contributed by atoms with Crippen LogP contribution in [0.5, 0.6) is 0 Å². The van der Waals surface area contributed by atoms with Gasteiger partial charge in [-0.1, -0.05) is 6.92 Å². The number of hydrogen-bond donors (Lipinski definition) is 1. The maximum Gasteiger partial charge on any atom is 0.226 e. The molecule has 0 aromatic rings. The van der Waals surface area contributed by atoms with Crippen LogP contribution in [0.2, 0.25) is 0 Å². The fraction of sp³-hybridized carbons (Fsp3) is 0.889. The smallest absolute Gasteiger partial charge is 0.226 e. The Balaban J connectivity index is 2.51. The fourth-order valence-electron chi connectivity index (χ4n) is 1.51. The molecule has 4 heteroatoms. The third-order valence-corrected chi connectivity index (χ3v) is 2.88. The lowest BCUT2D eigenvalue weighted by Gasteiger charge is -2.21. The fourth-order valence-corrected chi connectivity index (χ4v) is 1.64. The van der Waals surface area contributed by atoms with Crippen molar-refractivity contribution in [3.63, 3.8) is 0 Å². The van der Waals surface area contributed by atoms with E-state index in [1.54, 1.807) is 11.8 Å². The van der Waals surface area contributed by atoms with Gasteiger partial charge in [0, 0.05) is 24.9 Å². The van der Waals surface area contributed by atoms with Gasteiger partial charge < -0.3 is 10.0 Å². The topological polar surface area (TPSA) is 40.5 Å². The van der Waals surface area contributed by atoms with Gasteiger partial charge in [-0.2, -0.15) is 0 Å². The third-order valence-electron chi connectivity index (χ3n) is 2.42. The molecule has 1 aliphatic heterocycles. The first-order valence-electron chi connectivity index (χ1n) is 4.53. The van der Waals surface area contributed by atoms with Crippen LogP contribution in [0.25, 0.3) is 0 Å². The van der Waals surface area contributed by atoms with E-state index >= 15 is 0 Å². The van der Waals surface area contributed by atoms with Crippen molar-refractivity contribution >= 4 is 17.5 Å². The summed E-state index contributed by atoms with van der Waals surface area (Å²) in [6.45, 7) is 4.65. The third kappa shape index (κ3) is 2.58. The second-order valence-electron chi connectivity index (χ2n) is 4.06. The Kier molecular flexibility index (Phi) is 3.19. The molecule has 0 bridgehead atoms. The number of amides is 1. The zero-order valence-electron chi connectivity index (χ0n) is 8.09. The van der Waals surface area contributed by atoms with Gasteiger partial charge in [0.05, 0.1) is 5.60 Å². The van der Waals surface area contributed by atoms with Crippen LogP contribution >= 0.6 is 11.6 Å². The van der Waals surface area contributed by atoms with Gasteiger partial charge in [0.1, 0.15) is 0 Å². The van der Waals surface area contributed by atoms with Crippen LogP contribution in [0.15, 0.2) is 0 Å². The van der Waals surface area contributed by atoms with Gasteiger partial charge in [0.2, 0.25) is 5.91 Å². The minimum Gasteiger partial charge on any atom is -0.388 e. The van der Waals surface area contributed by atoms with Gasteiger partial charge >= 0.3 is 0 Å². The lowest BCUT2D eigenvalue weighted by Crippen LogP contribution is -2.37. The number of alkyl halides is 1. The van der Waals surface area contributed by atoms with E-state index in [-0.39, 0.29) is 11.8 Å². The summed E-state index contributed by atoms with van der Waals surface area (Å²) in [6.07, 6.45) is 0.660. The number of likely N-dealkylation sites (tertiary alicyclic amines) is 1. The molecular formula is C9H16ClNO2. The predicted molar refractivity (Wildman–Crippen MR) is 51.7 cm³/mol. The monoisotopic (exact) mass is 205 g/mol. The minimum absolute atomic E-state index is 0.0489. The summed E-state index contributed by atoms with van der Waals surface area (Å²) in [6, 6.07) is 0. The normalized spacial score (nSPS) is 30.6. The van der Waals surface area contributed by atoms with Crippen molar-refractivity contribution in [1.82, 2.24) is 4.90 Å². The van der Waals surface area contributed by atoms with E-state index in [1.165, 1.54) is 0 Å². The summed E-state index contributed by atoms with van der Waals surface area (Å²) in [7, 11) is 0. The van der Waals surface area contributed by atoms with Crippen molar-refractivity contribution in [2.24, 2.45) is 5.92 Å². The Morgan fingerprint density at radius 1 is 1.77 bits per heavy atom. The number of nitrogens with zero attached hydrogens (tertiary/aromatic N) is 1. The first-order valence-corrected chi connectivity index (χ1v) is 5.07. The molecule has 1 heterocycles. The van der Waals surface area contributed by atoms with Gasteiger partial charge in [-0.15, -0.1) is 11.6 Å². The molecule has 0 aliphatic carbocycles. The Hall–Kier alpha value is -0.280. The van der Waals surface area contributed by atoms with E-state index in [0.29, 0.717) is 25.4 Å². The summed E-state index contributed by atoms with van der Waals surface area (Å²) >= 11 is 5.59. The average molecular weight is 206 g/mol. The first-order chi connectivity index (χ1) is 5.96. The molecule has 3 nitrogen and oxygen atoms in total. The Morgan fingerprint density at radius 3 is 2.77 bits per heavy atom. The maximum absolute atomic E-state index is 11.6. The van der Waals surface area contributed by atoms with E-state index in [9.17, 15) is 9.90 Å². The van der Waals surface area contributed by atoms with Crippen LogP contribution in [0.3, 0.4) is 0 Å². The highest BCUT2D eigenvalue weighted by molar-refractivity contribution is 6.19. The average Bonchev–Trinajstić information content (AvgIpc) is 2.43. The zero-order valence-corrected chi connectivity index (χ0v) is 8.84. The molecular weight excluding hydrogens is 190 g/mol. The molecule has 1 amide bonds. The van der Waals surface area contributed by atoms with Crippen LogP contribution in [-0.4, -0.2) is 40.5 Å². The Bertz CT molecular complexity index is 206. The minimum atomic E-state index is -0.707. The van der Waals surface area contributed by atoms with Crippen LogP contribution < -0.4 is 0 Å². The SMILES string of the molecule is CC(CCl)C(=O)N1CCC(C)(O)C1. The molecule has 1 N–H and O–H groups in total. The molecule has 0 aromatic heterocycles. The van der Waals surface area contributed by atoms with Crippen molar-refractivity contribution < 1.29 is 9.90 Å². The number of aliphatic hydroxyl groups is 1. The van der Waals surface area contributed by atoms with E-state index in [2.05, 4.69) is 0 Å². The van der Waals surface area contributed by atoms with Crippen LogP contribution in [0, 0.1) is 5.92 Å². The first kappa shape index (κ1) is 10.8. The van der Waals surface area contributed by atoms with E-state index in [1.807, 2.05) is 6.92 Å². The second-order valence-corrected chi connectivity index (χ2v) is 4.37. The molecule has 1 fully saturated rings. The van der Waals surface area contributed by atoms with E-state index in [4.69, 9.17) is 11.6 Å². The molecule has 2 unspecified atom stereocenters. The van der Waals surface area contributed by atoms with Crippen molar-refractivity contribution in [2.75, 3.05) is 19.0 Å². The largest absolute Gasteiger partial charge is 0.388 e. The predicted octanol–water partition coefficient (Wildman–Crippen LogP) is 0.845. The number of carbonyl (C=O) groups excluding carboxylic acids is 1. The number of rotatable bonds is 2. The molecule has 1 saturated heterocycles. The standard InChI is InChI=1S/C9H16ClNO2/c1-7(5-10)8(12)11-4-3-9(2,13)6-11/h7,13H,3-6H2,1-2H3. The molecule has 1 rings (SSSR count). The molecule has 76 valence electrons. The quantitative estimate of drug-likeness (QED) is 0.679. The van der Waals surface area contributed by atoms with Gasteiger partial charge in [-0.3, -0.25) is 4.79 Å². The summed E-state index contributed by atoms with van der Waals surface area (Å²) < 4.78 is 0. The Morgan fingerprint density at radius 2 is 2.38 bits per heavy atom. The molecule has 2 atom stereocenters. The van der Waals surface area contributed by atoms with E-state index < -0.39 is 5.60 Å². The zero-order chi connectivity index (χ0) is 10.1. The van der Waals surface area contributed by atoms with Crippen LogP contribution in [0.4, 0.5) is 0 Å². The lowest BCUT2D eigenvalue weighted by molar-refractivity contribution is -0.134. The number of hydrogen-bond acceptors (Lipinski definition) is 2. The van der Waals surface area contributed by atoms with Crippen molar-refractivity contribution in [3.05, 3.63) is 0 Å². The second kappa shape index (κ2) is 3.84. The van der Waals surface area contributed by atoms with Gasteiger partial charge in [-0.25, -0.2) is 0 Å². The summed E-state index contributed by atoms with van der Waals surface area (Å²) in [4.78, 5) is 13.3. The summed E-state index contributed by atoms with van der Waals surface area (Å²) in [5.41, 5.74) is -0.707. The number of halogens is 1. The Labute approximate surface area is 83.7 Å². The lowest BCUT2D eigenvalue weighted by atomic mass is 10.1. The van der Waals surface area contributed by atoms with Gasteiger partial charge in [0.15, 0.2) is 0 Å². The van der Waals surface area contributed by atoms with Gasteiger partial charge in [0.25, 0.3) is 0 Å². The highest BCUT2D eigenvalue weighted by atomic mass is 35.5. The molecule has 13 heavy (non-hydrogen) atoms. The maximum atomic E-state index is 11.6. The summed E-state index contributed by atoms with van der Waals surface area (Å²) in [5, 5.41) is 9.64. The summed E-state index contributed by atoms with van der Waals surface area (Å²) in [5.74, 6) is 0.251. The van der Waals surface area contributed by atoms with Crippen LogP contribution in [-0.2, 0) is 4.79 Å². The van der Waals surface area contributed by atoms with Crippen molar-refractivity contribution in [2.45, 2.75) is 25.9 Å². The van der Waals surface area contributed by atoms with Crippen molar-refractivity contribution in [3.8, 4) is 0 Å². The van der Waals surface area contributed by atoms with Gasteiger partial charge in [-0.05, 0) is 13.3 Å². The number of carbonyl (C=O) groups is 1. The van der Waals surface area contributed by atoms with E-state index in [0.717, 1.165) is 0 Å². The highest BCUT2D eigenvalue weighted by Crippen LogP contribution is 2.21. The van der Waals surface area contributed by atoms with Crippen molar-refractivity contribution in [1.29, 1.82) is 0 Å². The highest BCUT2D eigenvalue weighted by Gasteiger charge is 2.35. The molecule has 0 spiro atoms. The number of β-amino-alcohol motifs (C(OH)–C–C–N with tert-alkyl or cyclic N) is 1. The molecule has 0 aromatic carbocycles.